The Morgan fingerprint density at radius 1 is 1.03 bits per heavy atom. The molecule has 2 aromatic rings. The van der Waals surface area contributed by atoms with E-state index in [1.54, 1.807) is 47.4 Å². The lowest BCUT2D eigenvalue weighted by Gasteiger charge is -2.32. The van der Waals surface area contributed by atoms with Crippen molar-refractivity contribution < 1.29 is 18.0 Å². The molecule has 208 valence electrons. The van der Waals surface area contributed by atoms with E-state index in [-0.39, 0.29) is 43.8 Å². The minimum absolute atomic E-state index is 0.0536. The normalized spacial score (nSPS) is 14.8. The highest BCUT2D eigenvalue weighted by Gasteiger charge is 2.31. The number of nitrogens with one attached hydrogen (secondary N) is 1. The average Bonchev–Trinajstić information content (AvgIpc) is 3.36. The van der Waals surface area contributed by atoms with Crippen molar-refractivity contribution in [3.8, 4) is 0 Å². The summed E-state index contributed by atoms with van der Waals surface area (Å²) in [5.41, 5.74) is 1.15. The maximum atomic E-state index is 13.6. The minimum atomic E-state index is -3.58. The lowest BCUT2D eigenvalue weighted by molar-refractivity contribution is -0.141. The lowest BCUT2D eigenvalue weighted by Crippen LogP contribution is -2.51. The monoisotopic (exact) mass is 601 g/mol. The highest BCUT2D eigenvalue weighted by molar-refractivity contribution is 7.92. The Labute approximate surface area is 240 Å². The lowest BCUT2D eigenvalue weighted by atomic mass is 10.1. The van der Waals surface area contributed by atoms with Crippen LogP contribution in [0.15, 0.2) is 42.5 Å². The van der Waals surface area contributed by atoms with Crippen LogP contribution in [0.2, 0.25) is 15.1 Å². The molecule has 1 aliphatic rings. The number of rotatable bonds is 12. The van der Waals surface area contributed by atoms with E-state index < -0.39 is 16.1 Å². The first-order chi connectivity index (χ1) is 18.0. The van der Waals surface area contributed by atoms with Gasteiger partial charge in [-0.1, -0.05) is 60.6 Å². The van der Waals surface area contributed by atoms with Gasteiger partial charge in [-0.25, -0.2) is 8.42 Å². The van der Waals surface area contributed by atoms with Gasteiger partial charge in [0.25, 0.3) is 0 Å². The van der Waals surface area contributed by atoms with Crippen LogP contribution in [-0.4, -0.2) is 50.0 Å². The molecule has 1 aliphatic carbocycles. The summed E-state index contributed by atoms with van der Waals surface area (Å²) in [4.78, 5) is 28.4. The summed E-state index contributed by atoms with van der Waals surface area (Å²) in [7, 11) is -3.58. The van der Waals surface area contributed by atoms with E-state index in [1.807, 2.05) is 6.92 Å². The summed E-state index contributed by atoms with van der Waals surface area (Å²) in [5, 5.41) is 4.49. The van der Waals surface area contributed by atoms with E-state index in [1.165, 1.54) is 4.31 Å². The molecule has 11 heteroatoms. The number of sulfonamides is 1. The molecule has 38 heavy (non-hydrogen) atoms. The van der Waals surface area contributed by atoms with Gasteiger partial charge in [0.15, 0.2) is 0 Å². The van der Waals surface area contributed by atoms with Crippen LogP contribution >= 0.6 is 34.8 Å². The molecule has 7 nitrogen and oxygen atoms in total. The summed E-state index contributed by atoms with van der Waals surface area (Å²) >= 11 is 18.4. The molecule has 2 amide bonds. The zero-order chi connectivity index (χ0) is 27.9. The summed E-state index contributed by atoms with van der Waals surface area (Å²) in [6.45, 7) is 2.11. The molecule has 0 spiro atoms. The first-order valence-electron chi connectivity index (χ1n) is 12.8. The van der Waals surface area contributed by atoms with Gasteiger partial charge < -0.3 is 10.2 Å². The molecule has 0 radical (unpaired) electrons. The second-order valence-corrected chi connectivity index (χ2v) is 12.8. The van der Waals surface area contributed by atoms with Crippen LogP contribution in [0, 0.1) is 0 Å². The molecule has 1 N–H and O–H groups in total. The van der Waals surface area contributed by atoms with Gasteiger partial charge in [-0.15, -0.1) is 0 Å². The SMILES string of the molecule is CC[C@@H](C(=O)NC1CCCC1)N(Cc1ccc(Cl)cc1Cl)C(=O)CCCN(c1ccc(Cl)cc1)S(C)(=O)=O. The van der Waals surface area contributed by atoms with Crippen LogP contribution < -0.4 is 9.62 Å². The smallest absolute Gasteiger partial charge is 0.243 e. The zero-order valence-corrected chi connectivity index (χ0v) is 24.7. The largest absolute Gasteiger partial charge is 0.352 e. The van der Waals surface area contributed by atoms with E-state index in [0.717, 1.165) is 31.9 Å². The quantitative estimate of drug-likeness (QED) is 0.320. The third-order valence-electron chi connectivity index (χ3n) is 6.71. The molecule has 0 aliphatic heterocycles. The van der Waals surface area contributed by atoms with Gasteiger partial charge in [-0.3, -0.25) is 13.9 Å². The topological polar surface area (TPSA) is 86.8 Å². The molecule has 0 bridgehead atoms. The summed E-state index contributed by atoms with van der Waals surface area (Å²) < 4.78 is 26.2. The van der Waals surface area contributed by atoms with Crippen molar-refractivity contribution in [1.29, 1.82) is 0 Å². The van der Waals surface area contributed by atoms with Crippen molar-refractivity contribution in [3.05, 3.63) is 63.1 Å². The molecule has 1 saturated carbocycles. The Balaban J connectivity index is 1.78. The van der Waals surface area contributed by atoms with Crippen molar-refractivity contribution in [2.75, 3.05) is 17.1 Å². The molecule has 2 aromatic carbocycles. The van der Waals surface area contributed by atoms with E-state index in [0.29, 0.717) is 32.7 Å². The number of carbonyl (C=O) groups excluding carboxylic acids is 2. The maximum Gasteiger partial charge on any atom is 0.243 e. The van der Waals surface area contributed by atoms with Gasteiger partial charge in [0.1, 0.15) is 6.04 Å². The Morgan fingerprint density at radius 2 is 1.66 bits per heavy atom. The van der Waals surface area contributed by atoms with Gasteiger partial charge in [-0.2, -0.15) is 0 Å². The Hall–Kier alpha value is -2.00. The number of benzene rings is 2. The minimum Gasteiger partial charge on any atom is -0.352 e. The molecule has 1 atom stereocenters. The van der Waals surface area contributed by atoms with Gasteiger partial charge in [-0.05, 0) is 67.6 Å². The fourth-order valence-electron chi connectivity index (χ4n) is 4.73. The summed E-state index contributed by atoms with van der Waals surface area (Å²) in [6.07, 6.45) is 5.90. The molecule has 3 rings (SSSR count). The molecular weight excluding hydrogens is 569 g/mol. The molecule has 0 unspecified atom stereocenters. The second-order valence-electron chi connectivity index (χ2n) is 9.59. The molecule has 0 heterocycles. The fraction of sp³-hybridized carbons (Fsp3) is 0.481. The highest BCUT2D eigenvalue weighted by Crippen LogP contribution is 2.26. The maximum absolute atomic E-state index is 13.6. The van der Waals surface area contributed by atoms with Gasteiger partial charge in [0.2, 0.25) is 21.8 Å². The van der Waals surface area contributed by atoms with Gasteiger partial charge >= 0.3 is 0 Å². The Kier molecular flexibility index (Phi) is 11.2. The predicted molar refractivity (Wildman–Crippen MR) is 154 cm³/mol. The first kappa shape index (κ1) is 30.5. The molecule has 0 aromatic heterocycles. The van der Waals surface area contributed by atoms with Gasteiger partial charge in [0.05, 0.1) is 11.9 Å². The van der Waals surface area contributed by atoms with Crippen LogP contribution in [-0.2, 0) is 26.2 Å². The third-order valence-corrected chi connectivity index (χ3v) is 8.74. The average molecular weight is 603 g/mol. The third kappa shape index (κ3) is 8.50. The predicted octanol–water partition coefficient (Wildman–Crippen LogP) is 6.06. The van der Waals surface area contributed by atoms with Crippen molar-refractivity contribution in [2.45, 2.75) is 70.5 Å². The van der Waals surface area contributed by atoms with Crippen LogP contribution in [0.1, 0.15) is 57.4 Å². The first-order valence-corrected chi connectivity index (χ1v) is 15.7. The second kappa shape index (κ2) is 13.9. The van der Waals surface area contributed by atoms with Crippen LogP contribution in [0.4, 0.5) is 5.69 Å². The van der Waals surface area contributed by atoms with Crippen molar-refractivity contribution >= 4 is 62.3 Å². The van der Waals surface area contributed by atoms with E-state index in [9.17, 15) is 18.0 Å². The van der Waals surface area contributed by atoms with Crippen LogP contribution in [0.25, 0.3) is 0 Å². The van der Waals surface area contributed by atoms with Gasteiger partial charge in [0, 0.05) is 40.6 Å². The zero-order valence-electron chi connectivity index (χ0n) is 21.6. The van der Waals surface area contributed by atoms with E-state index >= 15 is 0 Å². The number of hydrogen-bond donors (Lipinski definition) is 1. The summed E-state index contributed by atoms with van der Waals surface area (Å²) in [6, 6.07) is 11.0. The number of hydrogen-bond acceptors (Lipinski definition) is 4. The number of anilines is 1. The highest BCUT2D eigenvalue weighted by atomic mass is 35.5. The Morgan fingerprint density at radius 3 is 2.24 bits per heavy atom. The Bertz CT molecular complexity index is 1220. The summed E-state index contributed by atoms with van der Waals surface area (Å²) in [5.74, 6) is -0.439. The van der Waals surface area contributed by atoms with Crippen LogP contribution in [0.3, 0.4) is 0 Å². The molecule has 1 fully saturated rings. The van der Waals surface area contributed by atoms with E-state index in [4.69, 9.17) is 34.8 Å². The standard InChI is InChI=1S/C27H34Cl3N3O4S/c1-3-25(27(35)31-22-7-4-5-8-22)32(18-19-10-11-21(29)17-24(19)30)26(34)9-6-16-33(38(2,36)37)23-14-12-20(28)13-15-23/h10-15,17,22,25H,3-9,16,18H2,1-2H3,(H,31,35)/t25-/m0/s1. The molecular formula is C27H34Cl3N3O4S. The van der Waals surface area contributed by atoms with Crippen molar-refractivity contribution in [3.63, 3.8) is 0 Å². The number of nitrogens with zero attached hydrogens (tertiary/aromatic N) is 2. The number of halogens is 3. The van der Waals surface area contributed by atoms with E-state index in [2.05, 4.69) is 5.32 Å². The van der Waals surface area contributed by atoms with Crippen molar-refractivity contribution in [2.24, 2.45) is 0 Å². The van der Waals surface area contributed by atoms with Crippen molar-refractivity contribution in [1.82, 2.24) is 10.2 Å². The fourth-order valence-corrected chi connectivity index (χ4v) is 6.29. The number of amides is 2. The number of carbonyl (C=O) groups is 2. The van der Waals surface area contributed by atoms with Crippen LogP contribution in [0.5, 0.6) is 0 Å². The molecule has 0 saturated heterocycles.